The average Bonchev–Trinajstić information content (AvgIpc) is 3.57. The van der Waals surface area contributed by atoms with Crippen LogP contribution < -0.4 is 11.5 Å². The number of nitrogens with two attached hydrogens (primary N) is 2. The Morgan fingerprint density at radius 3 is 2.47 bits per heavy atom. The number of amides is 2. The van der Waals surface area contributed by atoms with E-state index in [4.69, 9.17) is 38.2 Å². The summed E-state index contributed by atoms with van der Waals surface area (Å²) in [5.41, 5.74) is 13.3. The number of halogens is 3. The Labute approximate surface area is 275 Å². The van der Waals surface area contributed by atoms with E-state index in [1.807, 2.05) is 20.8 Å². The second-order valence-corrected chi connectivity index (χ2v) is 13.0. The van der Waals surface area contributed by atoms with Crippen molar-refractivity contribution >= 4 is 41.7 Å². The van der Waals surface area contributed by atoms with Gasteiger partial charge < -0.3 is 21.1 Å². The predicted molar refractivity (Wildman–Crippen MR) is 174 cm³/mol. The van der Waals surface area contributed by atoms with Crippen LogP contribution in [0.2, 0.25) is 5.02 Å². The largest absolute Gasteiger partial charge is 0.447 e. The highest BCUT2D eigenvalue weighted by atomic mass is 35.5. The Hall–Kier alpha value is -4.85. The number of nitrogens with one attached hydrogen (secondary N) is 1. The number of guanidine groups is 1. The zero-order valence-electron chi connectivity index (χ0n) is 26.2. The summed E-state index contributed by atoms with van der Waals surface area (Å²) in [5.74, 6) is -0.534. The third-order valence-corrected chi connectivity index (χ3v) is 8.38. The van der Waals surface area contributed by atoms with Crippen LogP contribution in [-0.2, 0) is 15.1 Å². The second kappa shape index (κ2) is 13.1. The third kappa shape index (κ3) is 6.82. The van der Waals surface area contributed by atoms with Crippen molar-refractivity contribution in [1.29, 1.82) is 5.41 Å². The van der Waals surface area contributed by atoms with Crippen molar-refractivity contribution in [3.63, 3.8) is 0 Å². The number of hydrogen-bond donors (Lipinski definition) is 3. The van der Waals surface area contributed by atoms with E-state index in [1.54, 1.807) is 47.4 Å². The van der Waals surface area contributed by atoms with Crippen LogP contribution in [0.3, 0.4) is 0 Å². The summed E-state index contributed by atoms with van der Waals surface area (Å²) in [5, 5.41) is 11.3. The number of aliphatic imine (C=N–C) groups is 2. The molecule has 3 heterocycles. The number of amidine groups is 1. The van der Waals surface area contributed by atoms with Crippen LogP contribution in [-0.4, -0.2) is 69.4 Å². The highest BCUT2D eigenvalue weighted by Gasteiger charge is 2.53. The van der Waals surface area contributed by atoms with Gasteiger partial charge in [-0.3, -0.25) is 15.1 Å². The minimum Gasteiger partial charge on any atom is -0.447 e. The molecular weight excluding hydrogens is 632 g/mol. The van der Waals surface area contributed by atoms with Gasteiger partial charge in [-0.05, 0) is 47.1 Å². The highest BCUT2D eigenvalue weighted by Crippen LogP contribution is 2.45. The molecule has 12 nitrogen and oxygen atoms in total. The Bertz CT molecular complexity index is 1730. The molecule has 0 unspecified atom stereocenters. The van der Waals surface area contributed by atoms with Gasteiger partial charge in [-0.1, -0.05) is 62.7 Å². The minimum atomic E-state index is -2.77. The molecule has 2 amide bonds. The molecular formula is C32H36ClF2N9O3. The first-order valence-corrected chi connectivity index (χ1v) is 15.3. The van der Waals surface area contributed by atoms with Crippen LogP contribution in [0.15, 0.2) is 64.8 Å². The molecule has 0 radical (unpaired) electrons. The summed E-state index contributed by atoms with van der Waals surface area (Å²) in [4.78, 5) is 39.1. The SMILES string of the molecule is CC(C)(C)C[C@]1(c2ccc(-c3cnn(C(F)F)c3)cc2)N=C(N)N([C@H](COC(=O)N2CCC2)c2ccc(Cl)c(C(N)=NC=N)c2)C1=O. The summed E-state index contributed by atoms with van der Waals surface area (Å²) < 4.78 is 32.5. The summed E-state index contributed by atoms with van der Waals surface area (Å²) in [6.45, 7) is 4.06. The zero-order chi connectivity index (χ0) is 34.1. The summed E-state index contributed by atoms with van der Waals surface area (Å²) in [6, 6.07) is 10.8. The molecule has 2 aliphatic rings. The van der Waals surface area contributed by atoms with E-state index in [9.17, 15) is 18.4 Å². The Morgan fingerprint density at radius 1 is 1.19 bits per heavy atom. The maximum atomic E-state index is 14.8. The highest BCUT2D eigenvalue weighted by molar-refractivity contribution is 6.34. The second-order valence-electron chi connectivity index (χ2n) is 12.6. The van der Waals surface area contributed by atoms with Gasteiger partial charge in [0.25, 0.3) is 5.91 Å². The van der Waals surface area contributed by atoms with Crippen LogP contribution in [0.5, 0.6) is 0 Å². The number of benzene rings is 2. The number of nitrogens with zero attached hydrogens (tertiary/aromatic N) is 6. The summed E-state index contributed by atoms with van der Waals surface area (Å²) in [7, 11) is 0. The van der Waals surface area contributed by atoms with Crippen molar-refractivity contribution in [3.05, 3.63) is 76.6 Å². The number of rotatable bonds is 10. The van der Waals surface area contributed by atoms with Crippen LogP contribution in [0.1, 0.15) is 62.9 Å². The number of aromatic nitrogens is 2. The number of hydrogen-bond acceptors (Lipinski definition) is 7. The first kappa shape index (κ1) is 33.5. The third-order valence-electron chi connectivity index (χ3n) is 8.05. The van der Waals surface area contributed by atoms with Crippen molar-refractivity contribution < 1.29 is 23.1 Å². The molecule has 2 atom stereocenters. The molecule has 1 fully saturated rings. The van der Waals surface area contributed by atoms with Crippen molar-refractivity contribution in [2.75, 3.05) is 19.7 Å². The monoisotopic (exact) mass is 667 g/mol. The van der Waals surface area contributed by atoms with Gasteiger partial charge in [0.2, 0.25) is 0 Å². The van der Waals surface area contributed by atoms with Gasteiger partial charge in [0.1, 0.15) is 18.8 Å². The van der Waals surface area contributed by atoms with Gasteiger partial charge in [0, 0.05) is 30.4 Å². The van der Waals surface area contributed by atoms with Gasteiger partial charge in [0.05, 0.1) is 17.3 Å². The van der Waals surface area contributed by atoms with Gasteiger partial charge in [-0.2, -0.15) is 13.9 Å². The molecule has 1 saturated heterocycles. The lowest BCUT2D eigenvalue weighted by molar-refractivity contribution is -0.135. The predicted octanol–water partition coefficient (Wildman–Crippen LogP) is 5.28. The first-order valence-electron chi connectivity index (χ1n) is 14.9. The van der Waals surface area contributed by atoms with Crippen molar-refractivity contribution in [2.24, 2.45) is 26.9 Å². The molecule has 3 aromatic rings. The Morgan fingerprint density at radius 2 is 1.89 bits per heavy atom. The van der Waals surface area contributed by atoms with Crippen LogP contribution >= 0.6 is 11.6 Å². The molecule has 0 spiro atoms. The van der Waals surface area contributed by atoms with Crippen molar-refractivity contribution in [1.82, 2.24) is 19.6 Å². The zero-order valence-corrected chi connectivity index (χ0v) is 26.9. The van der Waals surface area contributed by atoms with E-state index in [0.717, 1.165) is 12.8 Å². The lowest BCUT2D eigenvalue weighted by Gasteiger charge is -2.35. The maximum absolute atomic E-state index is 14.8. The number of likely N-dealkylation sites (tertiary alicyclic amines) is 1. The smallest absolute Gasteiger partial charge is 0.409 e. The normalized spacial score (nSPS) is 19.1. The fraction of sp³-hybridized carbons (Fsp3) is 0.375. The number of carbonyl (C=O) groups excluding carboxylic acids is 2. The molecule has 5 N–H and O–H groups in total. The van der Waals surface area contributed by atoms with Crippen LogP contribution in [0.25, 0.3) is 11.1 Å². The van der Waals surface area contributed by atoms with E-state index in [-0.39, 0.29) is 29.8 Å². The first-order chi connectivity index (χ1) is 22.2. The molecule has 248 valence electrons. The Balaban J connectivity index is 1.56. The van der Waals surface area contributed by atoms with Gasteiger partial charge in [-0.25, -0.2) is 19.5 Å². The molecule has 2 aromatic carbocycles. The van der Waals surface area contributed by atoms with E-state index >= 15 is 0 Å². The Kier molecular flexibility index (Phi) is 9.34. The lowest BCUT2D eigenvalue weighted by Crippen LogP contribution is -2.48. The quantitative estimate of drug-likeness (QED) is 0.196. The standard InChI is InChI=1S/C32H36ClF2N9O3/c1-31(2,3)17-32(22-8-5-19(6-9-22)21-14-40-43(15-21)28(34)35)27(45)44(29(38)41-32)25(16-47-30(46)42-11-4-12-42)20-7-10-24(33)23(13-20)26(37)39-18-36/h5-10,13-15,18,25,28H,4,11-12,16-17H2,1-3H3,(H2,38,41)(H3,36,37,39)/t25-,32-/m1/s1. The fourth-order valence-corrected chi connectivity index (χ4v) is 5.97. The number of carbonyl (C=O) groups is 2. The van der Waals surface area contributed by atoms with E-state index in [2.05, 4.69) is 10.1 Å². The average molecular weight is 668 g/mol. The van der Waals surface area contributed by atoms with Gasteiger partial charge >= 0.3 is 12.6 Å². The lowest BCUT2D eigenvalue weighted by atomic mass is 9.75. The van der Waals surface area contributed by atoms with Crippen LogP contribution in [0.4, 0.5) is 13.6 Å². The molecule has 5 rings (SSSR count). The molecule has 0 bridgehead atoms. The summed E-state index contributed by atoms with van der Waals surface area (Å²) >= 11 is 6.42. The van der Waals surface area contributed by atoms with E-state index in [1.165, 1.54) is 17.3 Å². The topological polar surface area (TPSA) is 168 Å². The fourth-order valence-electron chi connectivity index (χ4n) is 5.75. The van der Waals surface area contributed by atoms with Crippen molar-refractivity contribution in [2.45, 2.75) is 51.7 Å². The maximum Gasteiger partial charge on any atom is 0.409 e. The molecule has 47 heavy (non-hydrogen) atoms. The summed E-state index contributed by atoms with van der Waals surface area (Å²) in [6.07, 6.45) is 4.00. The van der Waals surface area contributed by atoms with Crippen molar-refractivity contribution in [3.8, 4) is 11.1 Å². The van der Waals surface area contributed by atoms with Crippen LogP contribution in [0, 0.1) is 10.8 Å². The van der Waals surface area contributed by atoms with Gasteiger partial charge in [-0.15, -0.1) is 0 Å². The van der Waals surface area contributed by atoms with E-state index < -0.39 is 35.5 Å². The van der Waals surface area contributed by atoms with Gasteiger partial charge in [0.15, 0.2) is 11.5 Å². The number of ether oxygens (including phenoxy) is 1. The minimum absolute atomic E-state index is 0.0150. The number of alkyl halides is 2. The molecule has 2 aliphatic heterocycles. The molecule has 15 heteroatoms. The molecule has 0 aliphatic carbocycles. The molecule has 0 saturated carbocycles. The molecule has 1 aromatic heterocycles. The van der Waals surface area contributed by atoms with E-state index in [0.29, 0.717) is 45.6 Å².